The highest BCUT2D eigenvalue weighted by Gasteiger charge is 2.28. The first kappa shape index (κ1) is 20.1. The summed E-state index contributed by atoms with van der Waals surface area (Å²) in [6.07, 6.45) is 5.54. The van der Waals surface area contributed by atoms with E-state index in [4.69, 9.17) is 0 Å². The Labute approximate surface area is 171 Å². The highest BCUT2D eigenvalue weighted by atomic mass is 32.2. The lowest BCUT2D eigenvalue weighted by molar-refractivity contribution is 0.0632. The number of hydrogen-bond donors (Lipinski definition) is 0. The van der Waals surface area contributed by atoms with Crippen LogP contribution in [0.5, 0.6) is 0 Å². The maximum absolute atomic E-state index is 12.8. The van der Waals surface area contributed by atoms with Gasteiger partial charge in [0.05, 0.1) is 11.4 Å². The van der Waals surface area contributed by atoms with Gasteiger partial charge in [0.1, 0.15) is 0 Å². The lowest BCUT2D eigenvalue weighted by Gasteiger charge is -2.34. The summed E-state index contributed by atoms with van der Waals surface area (Å²) in [5.74, 6) is -0.0400. The van der Waals surface area contributed by atoms with E-state index in [0.717, 1.165) is 39.0 Å². The zero-order valence-electron chi connectivity index (χ0n) is 16.5. The van der Waals surface area contributed by atoms with Crippen molar-refractivity contribution >= 4 is 15.9 Å². The molecular weight excluding hydrogens is 390 g/mol. The molecule has 1 aromatic heterocycles. The van der Waals surface area contributed by atoms with Crippen LogP contribution in [0, 0.1) is 0 Å². The highest BCUT2D eigenvalue weighted by molar-refractivity contribution is 7.89. The van der Waals surface area contributed by atoms with Crippen molar-refractivity contribution in [1.82, 2.24) is 23.9 Å². The molecule has 0 radical (unpaired) electrons. The molecule has 0 saturated carbocycles. The molecule has 0 bridgehead atoms. The standard InChI is InChI=1S/C20H27N5O3S/c26-20(23-15-12-22(13-16-23)14-17-24-9-3-8-21-24)18-4-6-19(7-5-18)29(27,28)25-10-1-2-11-25/h3-9H,1-2,10-17H2. The summed E-state index contributed by atoms with van der Waals surface area (Å²) in [7, 11) is -3.44. The zero-order valence-corrected chi connectivity index (χ0v) is 17.3. The van der Waals surface area contributed by atoms with Gasteiger partial charge in [-0.15, -0.1) is 0 Å². The molecule has 2 aliphatic heterocycles. The van der Waals surface area contributed by atoms with E-state index in [0.29, 0.717) is 31.7 Å². The van der Waals surface area contributed by atoms with Gasteiger partial charge < -0.3 is 4.90 Å². The zero-order chi connectivity index (χ0) is 20.3. The number of benzene rings is 1. The van der Waals surface area contributed by atoms with E-state index in [1.54, 1.807) is 30.5 Å². The normalized spacial score (nSPS) is 19.0. The monoisotopic (exact) mass is 417 g/mol. The predicted octanol–water partition coefficient (Wildman–Crippen LogP) is 1.13. The molecule has 4 rings (SSSR count). The molecule has 3 heterocycles. The first-order valence-electron chi connectivity index (χ1n) is 10.1. The van der Waals surface area contributed by atoms with Crippen molar-refractivity contribution < 1.29 is 13.2 Å². The van der Waals surface area contributed by atoms with Crippen LogP contribution < -0.4 is 0 Å². The highest BCUT2D eigenvalue weighted by Crippen LogP contribution is 2.21. The molecule has 0 aliphatic carbocycles. The van der Waals surface area contributed by atoms with Crippen LogP contribution in [-0.2, 0) is 16.6 Å². The third-order valence-corrected chi connectivity index (χ3v) is 7.58. The van der Waals surface area contributed by atoms with Gasteiger partial charge in [-0.2, -0.15) is 9.40 Å². The summed E-state index contributed by atoms with van der Waals surface area (Å²) in [5.41, 5.74) is 0.537. The molecule has 2 fully saturated rings. The lowest BCUT2D eigenvalue weighted by Crippen LogP contribution is -2.49. The number of carbonyl (C=O) groups excluding carboxylic acids is 1. The average Bonchev–Trinajstić information content (AvgIpc) is 3.47. The van der Waals surface area contributed by atoms with Crippen molar-refractivity contribution in [3.05, 3.63) is 48.3 Å². The smallest absolute Gasteiger partial charge is 0.253 e. The molecule has 29 heavy (non-hydrogen) atoms. The van der Waals surface area contributed by atoms with Gasteiger partial charge in [0.15, 0.2) is 0 Å². The minimum Gasteiger partial charge on any atom is -0.336 e. The van der Waals surface area contributed by atoms with Crippen LogP contribution in [0.15, 0.2) is 47.6 Å². The molecule has 0 atom stereocenters. The summed E-state index contributed by atoms with van der Waals surface area (Å²) in [4.78, 5) is 17.2. The number of piperazine rings is 1. The Balaban J connectivity index is 1.32. The van der Waals surface area contributed by atoms with E-state index in [1.165, 1.54) is 4.31 Å². The van der Waals surface area contributed by atoms with Crippen LogP contribution in [0.4, 0.5) is 0 Å². The first-order valence-corrected chi connectivity index (χ1v) is 11.6. The van der Waals surface area contributed by atoms with Crippen molar-refractivity contribution in [3.63, 3.8) is 0 Å². The fraction of sp³-hybridized carbons (Fsp3) is 0.500. The second-order valence-electron chi connectivity index (χ2n) is 7.54. The van der Waals surface area contributed by atoms with Crippen LogP contribution >= 0.6 is 0 Å². The van der Waals surface area contributed by atoms with Crippen LogP contribution in [0.3, 0.4) is 0 Å². The average molecular weight is 418 g/mol. The number of carbonyl (C=O) groups is 1. The summed E-state index contributed by atoms with van der Waals surface area (Å²) in [5, 5.41) is 4.21. The van der Waals surface area contributed by atoms with Crippen LogP contribution in [0.2, 0.25) is 0 Å². The molecule has 2 saturated heterocycles. The molecule has 0 spiro atoms. The Morgan fingerprint density at radius 1 is 0.931 bits per heavy atom. The van der Waals surface area contributed by atoms with Crippen LogP contribution in [0.1, 0.15) is 23.2 Å². The van der Waals surface area contributed by atoms with Gasteiger partial charge in [0.25, 0.3) is 5.91 Å². The van der Waals surface area contributed by atoms with Gasteiger partial charge in [-0.25, -0.2) is 8.42 Å². The molecule has 1 amide bonds. The third kappa shape index (κ3) is 4.52. The predicted molar refractivity (Wildman–Crippen MR) is 109 cm³/mol. The molecular formula is C20H27N5O3S. The van der Waals surface area contributed by atoms with Crippen molar-refractivity contribution in [3.8, 4) is 0 Å². The number of amides is 1. The van der Waals surface area contributed by atoms with Gasteiger partial charge in [0, 0.05) is 63.8 Å². The Kier molecular flexibility index (Phi) is 5.98. The molecule has 0 unspecified atom stereocenters. The molecule has 1 aromatic carbocycles. The molecule has 156 valence electrons. The Bertz CT molecular complexity index is 914. The quantitative estimate of drug-likeness (QED) is 0.704. The van der Waals surface area contributed by atoms with Gasteiger partial charge >= 0.3 is 0 Å². The Morgan fingerprint density at radius 2 is 1.62 bits per heavy atom. The van der Waals surface area contributed by atoms with Crippen molar-refractivity contribution in [2.24, 2.45) is 0 Å². The Morgan fingerprint density at radius 3 is 2.24 bits per heavy atom. The minimum absolute atomic E-state index is 0.0400. The fourth-order valence-electron chi connectivity index (χ4n) is 3.88. The number of hydrogen-bond acceptors (Lipinski definition) is 5. The number of aromatic nitrogens is 2. The number of sulfonamides is 1. The van der Waals surface area contributed by atoms with Crippen LogP contribution in [0.25, 0.3) is 0 Å². The van der Waals surface area contributed by atoms with Gasteiger partial charge in [-0.3, -0.25) is 14.4 Å². The summed E-state index contributed by atoms with van der Waals surface area (Å²) in [6.45, 7) is 5.91. The molecule has 8 nitrogen and oxygen atoms in total. The SMILES string of the molecule is O=C(c1ccc(S(=O)(=O)N2CCCC2)cc1)N1CCN(CCn2cccn2)CC1. The fourth-order valence-corrected chi connectivity index (χ4v) is 5.40. The summed E-state index contributed by atoms with van der Waals surface area (Å²) < 4.78 is 28.7. The number of rotatable bonds is 6. The van der Waals surface area contributed by atoms with E-state index >= 15 is 0 Å². The topological polar surface area (TPSA) is 78.8 Å². The van der Waals surface area contributed by atoms with E-state index in [1.807, 2.05) is 21.8 Å². The van der Waals surface area contributed by atoms with E-state index in [-0.39, 0.29) is 10.8 Å². The van der Waals surface area contributed by atoms with E-state index < -0.39 is 10.0 Å². The third-order valence-electron chi connectivity index (χ3n) is 5.67. The maximum Gasteiger partial charge on any atom is 0.253 e. The molecule has 2 aliphatic rings. The van der Waals surface area contributed by atoms with Crippen molar-refractivity contribution in [1.29, 1.82) is 0 Å². The lowest BCUT2D eigenvalue weighted by atomic mass is 10.2. The van der Waals surface area contributed by atoms with Crippen LogP contribution in [-0.4, -0.2) is 84.0 Å². The van der Waals surface area contributed by atoms with Gasteiger partial charge in [-0.1, -0.05) is 0 Å². The van der Waals surface area contributed by atoms with Gasteiger partial charge in [-0.05, 0) is 43.2 Å². The molecule has 2 aromatic rings. The molecule has 9 heteroatoms. The second-order valence-corrected chi connectivity index (χ2v) is 9.48. The first-order chi connectivity index (χ1) is 14.0. The summed E-state index contributed by atoms with van der Waals surface area (Å²) >= 11 is 0. The number of nitrogens with zero attached hydrogens (tertiary/aromatic N) is 5. The Hall–Kier alpha value is -2.23. The maximum atomic E-state index is 12.8. The van der Waals surface area contributed by atoms with Crippen molar-refractivity contribution in [2.75, 3.05) is 45.8 Å². The van der Waals surface area contributed by atoms with E-state index in [9.17, 15) is 13.2 Å². The second kappa shape index (κ2) is 8.64. The van der Waals surface area contributed by atoms with Gasteiger partial charge in [0.2, 0.25) is 10.0 Å². The molecule has 0 N–H and O–H groups in total. The van der Waals surface area contributed by atoms with Crippen molar-refractivity contribution in [2.45, 2.75) is 24.3 Å². The minimum atomic E-state index is -3.44. The largest absolute Gasteiger partial charge is 0.336 e. The summed E-state index contributed by atoms with van der Waals surface area (Å²) in [6, 6.07) is 8.30. The van der Waals surface area contributed by atoms with E-state index in [2.05, 4.69) is 10.00 Å².